The normalized spacial score (nSPS) is 17.1. The van der Waals surface area contributed by atoms with Gasteiger partial charge in [0.25, 0.3) is 0 Å². The third-order valence-electron chi connectivity index (χ3n) is 8.72. The van der Waals surface area contributed by atoms with Crippen LogP contribution >= 0.6 is 44.7 Å². The molecule has 0 N–H and O–H groups in total. The van der Waals surface area contributed by atoms with Gasteiger partial charge < -0.3 is 14.2 Å². The third kappa shape index (κ3) is 18.4. The Kier molecular flexibility index (Phi) is 25.3. The van der Waals surface area contributed by atoms with Crippen molar-refractivity contribution in [3.63, 3.8) is 0 Å². The number of Topliss-reactive ketones (excluding diaryl/α,β-unsaturated/α-hetero) is 1. The zero-order valence-corrected chi connectivity index (χ0v) is 32.5. The number of alkyl halides is 1. The molecular weight excluding hydrogens is 761 g/mol. The van der Waals surface area contributed by atoms with Crippen LogP contribution in [0.5, 0.6) is 0 Å². The second kappa shape index (κ2) is 26.2. The van der Waals surface area contributed by atoms with Gasteiger partial charge in [-0.3, -0.25) is 4.79 Å². The molecule has 0 aromatic heterocycles. The van der Waals surface area contributed by atoms with Crippen LogP contribution in [0.1, 0.15) is 95.0 Å². The van der Waals surface area contributed by atoms with E-state index in [1.165, 1.54) is 27.8 Å². The fraction of sp³-hybridized carbons (Fsp3) is 0.525. The van der Waals surface area contributed by atoms with E-state index < -0.39 is 0 Å². The fourth-order valence-corrected chi connectivity index (χ4v) is 6.34. The summed E-state index contributed by atoms with van der Waals surface area (Å²) in [6.45, 7) is 13.8. The van der Waals surface area contributed by atoms with E-state index in [1.54, 1.807) is 0 Å². The minimum atomic E-state index is 0. The van der Waals surface area contributed by atoms with Crippen molar-refractivity contribution in [1.29, 1.82) is 0 Å². The Hall–Kier alpha value is -1.62. The average Bonchev–Trinajstić information content (AvgIpc) is 3.07. The molecule has 3 saturated heterocycles. The van der Waals surface area contributed by atoms with Crippen LogP contribution in [0.4, 0.5) is 0 Å². The van der Waals surface area contributed by atoms with E-state index in [0.717, 1.165) is 61.9 Å². The molecule has 0 amide bonds. The van der Waals surface area contributed by atoms with Crippen molar-refractivity contribution in [2.75, 3.05) is 39.6 Å². The first-order valence-corrected chi connectivity index (χ1v) is 18.6. The Labute approximate surface area is 321 Å². The molecule has 0 atom stereocenters. The summed E-state index contributed by atoms with van der Waals surface area (Å²) in [6.07, 6.45) is 5.82. The number of ketones is 1. The van der Waals surface area contributed by atoms with Gasteiger partial charge in [0.05, 0.1) is 13.2 Å². The molecule has 3 aliphatic heterocycles. The first-order chi connectivity index (χ1) is 22.5. The standard InChI is InChI=1S/C13H17BrO.C13H18O.C7H7Br.C5H8O2.2CH4.BHNS/c1-13(5-7-15-8-6-13)12-4-2-3-11(9-12)10-14;1-11-4-3-5-12(10-11)13(2)6-8-14-9-7-13;1-6-3-2-4-7(8)5-6;6-5-1-3-7-4-2-5;;;1-2-3/h2-4,9H,5-8,10H2,1H3;3-5,10H,6-9H2,1-2H3;2-5H,1H3;1-4H2;2*1H4;3H. The van der Waals surface area contributed by atoms with E-state index >= 15 is 0 Å². The van der Waals surface area contributed by atoms with E-state index in [4.69, 9.17) is 14.2 Å². The quantitative estimate of drug-likeness (QED) is 0.162. The molecule has 5 nitrogen and oxygen atoms in total. The van der Waals surface area contributed by atoms with Gasteiger partial charge >= 0.3 is 24.8 Å². The van der Waals surface area contributed by atoms with Crippen LogP contribution in [0.15, 0.2) is 81.6 Å². The molecule has 3 heterocycles. The van der Waals surface area contributed by atoms with E-state index in [1.807, 2.05) is 12.1 Å². The zero-order chi connectivity index (χ0) is 34.5. The topological polar surface area (TPSA) is 57.1 Å². The van der Waals surface area contributed by atoms with Gasteiger partial charge in [-0.25, -0.2) is 0 Å². The van der Waals surface area contributed by atoms with E-state index in [0.29, 0.717) is 42.7 Å². The molecule has 0 bridgehead atoms. The average molecular weight is 821 g/mol. The van der Waals surface area contributed by atoms with Crippen molar-refractivity contribution in [3.05, 3.63) is 105 Å². The van der Waals surface area contributed by atoms with Crippen LogP contribution in [0.25, 0.3) is 0 Å². The number of carbonyl (C=O) groups is 1. The number of carbonyl (C=O) groups excluding carboxylic acids is 1. The van der Waals surface area contributed by atoms with Crippen LogP contribution in [0.2, 0.25) is 0 Å². The number of rotatable bonds is 3. The van der Waals surface area contributed by atoms with Crippen molar-refractivity contribution in [2.45, 2.75) is 97.2 Å². The first kappa shape index (κ1) is 47.4. The summed E-state index contributed by atoms with van der Waals surface area (Å²) in [7, 11) is 4.34. The summed E-state index contributed by atoms with van der Waals surface area (Å²) >= 11 is 10.1. The van der Waals surface area contributed by atoms with Gasteiger partial charge in [-0.15, -0.1) is 0 Å². The summed E-state index contributed by atoms with van der Waals surface area (Å²) in [5, 5.41) is 0.938. The number of halogens is 2. The van der Waals surface area contributed by atoms with Gasteiger partial charge in [-0.05, 0) is 79.2 Å². The molecular formula is C40H59BBr2NO4S. The van der Waals surface area contributed by atoms with Gasteiger partial charge in [0, 0.05) is 49.1 Å². The molecule has 1 radical (unpaired) electrons. The molecule has 3 aromatic carbocycles. The Balaban J connectivity index is 0.000000626. The van der Waals surface area contributed by atoms with E-state index in [9.17, 15) is 4.79 Å². The summed E-state index contributed by atoms with van der Waals surface area (Å²) in [5.41, 5.74) is 7.60. The summed E-state index contributed by atoms with van der Waals surface area (Å²) in [5.74, 6) is 0.339. The van der Waals surface area contributed by atoms with Gasteiger partial charge in [0.1, 0.15) is 5.78 Å². The number of thiol groups is 1. The number of hydrogen-bond donors (Lipinski definition) is 1. The van der Waals surface area contributed by atoms with Gasteiger partial charge in [-0.2, -0.15) is 0 Å². The number of aryl methyl sites for hydroxylation is 2. The Morgan fingerprint density at radius 2 is 1.12 bits per heavy atom. The molecule has 3 fully saturated rings. The molecule has 9 heteroatoms. The van der Waals surface area contributed by atoms with E-state index in [2.05, 4.69) is 145 Å². The SMILES string of the molecule is C.C.CC1(c2cccc(CBr)c2)CCOCC1.Cc1cccc(Br)c1.Cc1cccc(C2(C)CCOCC2)c1.O=C1CCOCC1.[B]=NS. The minimum absolute atomic E-state index is 0. The maximum atomic E-state index is 10.4. The Morgan fingerprint density at radius 3 is 1.49 bits per heavy atom. The van der Waals surface area contributed by atoms with Crippen LogP contribution in [0, 0.1) is 13.8 Å². The predicted octanol–water partition coefficient (Wildman–Crippen LogP) is 11.3. The van der Waals surface area contributed by atoms with Crippen LogP contribution in [0.3, 0.4) is 0 Å². The molecule has 49 heavy (non-hydrogen) atoms. The monoisotopic (exact) mass is 818 g/mol. The zero-order valence-electron chi connectivity index (χ0n) is 28.5. The Morgan fingerprint density at radius 1 is 0.714 bits per heavy atom. The van der Waals surface area contributed by atoms with Crippen LogP contribution in [-0.2, 0) is 35.2 Å². The number of hydrogen-bond acceptors (Lipinski definition) is 6. The molecule has 3 aromatic rings. The summed E-state index contributed by atoms with van der Waals surface area (Å²) < 4.78 is 19.6. The number of benzene rings is 3. The first-order valence-electron chi connectivity index (χ1n) is 16.3. The summed E-state index contributed by atoms with van der Waals surface area (Å²) in [4.78, 5) is 10.4. The van der Waals surface area contributed by atoms with Crippen LogP contribution in [-0.4, -0.2) is 53.1 Å². The molecule has 0 aliphatic carbocycles. The molecule has 0 saturated carbocycles. The molecule has 0 unspecified atom stereocenters. The van der Waals surface area contributed by atoms with Crippen LogP contribution < -0.4 is 0 Å². The second-order valence-electron chi connectivity index (χ2n) is 12.6. The maximum absolute atomic E-state index is 10.4. The number of ether oxygens (including phenoxy) is 3. The van der Waals surface area contributed by atoms with Crippen molar-refractivity contribution >= 4 is 58.1 Å². The molecule has 3 aliphatic rings. The van der Waals surface area contributed by atoms with Crippen molar-refractivity contribution in [1.82, 2.24) is 0 Å². The molecule has 6 rings (SSSR count). The Bertz CT molecular complexity index is 1320. The van der Waals surface area contributed by atoms with Gasteiger partial charge in [0.15, 0.2) is 0 Å². The second-order valence-corrected chi connectivity index (χ2v) is 14.3. The van der Waals surface area contributed by atoms with E-state index in [-0.39, 0.29) is 14.9 Å². The molecule has 271 valence electrons. The molecule has 0 spiro atoms. The third-order valence-corrected chi connectivity index (χ3v) is 9.86. The van der Waals surface area contributed by atoms with Gasteiger partial charge in [0.2, 0.25) is 0 Å². The fourth-order valence-electron chi connectivity index (χ4n) is 5.48. The van der Waals surface area contributed by atoms with Crippen molar-refractivity contribution in [2.24, 2.45) is 4.30 Å². The summed E-state index contributed by atoms with van der Waals surface area (Å²) in [6, 6.07) is 26.0. The van der Waals surface area contributed by atoms with Crippen molar-refractivity contribution < 1.29 is 19.0 Å². The van der Waals surface area contributed by atoms with Crippen molar-refractivity contribution in [3.8, 4) is 0 Å². The van der Waals surface area contributed by atoms with Gasteiger partial charge in [-0.1, -0.05) is 132 Å². The number of nitrogens with zero attached hydrogens (tertiary/aromatic N) is 1. The predicted molar refractivity (Wildman–Crippen MR) is 220 cm³/mol.